The molecule has 0 unspecified atom stereocenters. The van der Waals surface area contributed by atoms with Crippen LogP contribution in [0, 0.1) is 0 Å². The Kier molecular flexibility index (Phi) is 16.7. The normalized spacial score (nSPS) is 11.7. The van der Waals surface area contributed by atoms with Crippen molar-refractivity contribution in [3.8, 4) is 107 Å². The number of thiophene rings is 2. The predicted molar refractivity (Wildman–Crippen MR) is 461 cm³/mol. The maximum absolute atomic E-state index is 5.44. The molecule has 0 saturated carbocycles. The first kappa shape index (κ1) is 65.3. The van der Waals surface area contributed by atoms with E-state index in [0.29, 0.717) is 34.0 Å². The highest BCUT2D eigenvalue weighted by molar-refractivity contribution is 9.10. The Morgan fingerprint density at radius 3 is 1.12 bits per heavy atom. The lowest BCUT2D eigenvalue weighted by Gasteiger charge is -2.14. The lowest BCUT2D eigenvalue weighted by Crippen LogP contribution is -2.06. The van der Waals surface area contributed by atoms with Crippen molar-refractivity contribution < 1.29 is 0 Å². The molecule has 1 aliphatic rings. The van der Waals surface area contributed by atoms with Gasteiger partial charge in [-0.3, -0.25) is 4.57 Å². The molecule has 5 heterocycles. The van der Waals surface area contributed by atoms with Gasteiger partial charge in [-0.25, -0.2) is 19.9 Å². The number of nitrogens with zero attached hydrogens (tertiary/aromatic N) is 7. The van der Waals surface area contributed by atoms with Crippen LogP contribution in [-0.2, 0) is 6.42 Å². The van der Waals surface area contributed by atoms with Crippen molar-refractivity contribution in [1.82, 2.24) is 34.5 Å². The number of rotatable bonds is 9. The minimum atomic E-state index is 0.516. The van der Waals surface area contributed by atoms with Crippen LogP contribution in [-0.4, -0.2) is 34.5 Å². The topological polar surface area (TPSA) is 82.3 Å². The van der Waals surface area contributed by atoms with E-state index in [4.69, 9.17) is 19.9 Å². The Balaban J connectivity index is 0.000000119. The summed E-state index contributed by atoms with van der Waals surface area (Å²) in [6, 6.07) is 128. The number of halogens is 1. The Labute approximate surface area is 645 Å². The Morgan fingerprint density at radius 2 is 0.615 bits per heavy atom. The molecule has 0 aliphatic heterocycles. The highest BCUT2D eigenvalue weighted by Gasteiger charge is 2.28. The summed E-state index contributed by atoms with van der Waals surface area (Å²) >= 11 is 7.26. The van der Waals surface area contributed by atoms with E-state index in [1.807, 2.05) is 83.3 Å². The van der Waals surface area contributed by atoms with E-state index in [-0.39, 0.29) is 0 Å². The van der Waals surface area contributed by atoms with E-state index < -0.39 is 0 Å². The van der Waals surface area contributed by atoms with Crippen LogP contribution >= 0.6 is 38.6 Å². The standard InChI is InChI=1S/C49H30N4S.C27H18BrN3.C23H14S/c1-4-16-31(17-5-1)34-28-35(32-18-6-2-7-19-32)30-36(29-34)48-50-47(33-20-8-3-9-21-33)51-49(52-48)53-41-26-14-12-24-39(41)43-37-22-10-11-23-38(37)46-44(45(43)53)40-25-13-15-27-42(40)54-46;28-27-30-25(21-14-8-3-9-15-21)29-26(31-27)24-17-22(19-10-4-1-5-11-19)16-23(18-24)20-12-6-2-7-13-20;1-2-8-15-14(7-1)13-19-21(15)16-9-3-4-10-17(16)23-22(19)18-11-5-6-12-20(18)24-23/h1-30H;1-18H;1-12H,13H2. The van der Waals surface area contributed by atoms with Crippen molar-refractivity contribution >= 4 is 122 Å². The summed E-state index contributed by atoms with van der Waals surface area (Å²) in [6.45, 7) is 0. The third kappa shape index (κ3) is 12.0. The van der Waals surface area contributed by atoms with Crippen LogP contribution in [0.2, 0.25) is 0 Å². The van der Waals surface area contributed by atoms with Gasteiger partial charge in [0.25, 0.3) is 0 Å². The second-order valence-corrected chi connectivity index (χ2v) is 30.1. The molecule has 22 rings (SSSR count). The number of hydrogen-bond donors (Lipinski definition) is 0. The summed E-state index contributed by atoms with van der Waals surface area (Å²) < 4.78 is 8.16. The minimum Gasteiger partial charge on any atom is -0.277 e. The van der Waals surface area contributed by atoms with Crippen molar-refractivity contribution in [2.75, 3.05) is 0 Å². The minimum absolute atomic E-state index is 0.516. The third-order valence-electron chi connectivity index (χ3n) is 20.7. The van der Waals surface area contributed by atoms with Crippen molar-refractivity contribution in [3.63, 3.8) is 0 Å². The molecule has 0 bridgehead atoms. The largest absolute Gasteiger partial charge is 0.277 e. The first-order valence-corrected chi connectivity index (χ1v) is 38.9. The Morgan fingerprint density at radius 1 is 0.266 bits per heavy atom. The summed E-state index contributed by atoms with van der Waals surface area (Å²) in [5, 5.41) is 13.0. The highest BCUT2D eigenvalue weighted by Crippen LogP contribution is 2.52. The van der Waals surface area contributed by atoms with Gasteiger partial charge in [0, 0.05) is 84.1 Å². The van der Waals surface area contributed by atoms with E-state index in [1.165, 1.54) is 94.9 Å². The lowest BCUT2D eigenvalue weighted by atomic mass is 9.94. The smallest absolute Gasteiger partial charge is 0.238 e. The van der Waals surface area contributed by atoms with Gasteiger partial charge in [0.15, 0.2) is 23.3 Å². The predicted octanol–water partition coefficient (Wildman–Crippen LogP) is 27.2. The molecule has 10 heteroatoms. The molecular formula is C99H62BrN7S2. The Bertz CT molecular complexity index is 6950. The number of benzene rings is 16. The molecule has 5 aromatic heterocycles. The van der Waals surface area contributed by atoms with Gasteiger partial charge in [-0.1, -0.05) is 309 Å². The summed E-state index contributed by atoms with van der Waals surface area (Å²) in [6.07, 6.45) is 1.05. The lowest BCUT2D eigenvalue weighted by molar-refractivity contribution is 0.955. The molecule has 0 N–H and O–H groups in total. The molecule has 0 atom stereocenters. The van der Waals surface area contributed by atoms with Crippen LogP contribution in [0.4, 0.5) is 0 Å². The van der Waals surface area contributed by atoms with Crippen LogP contribution in [0.3, 0.4) is 0 Å². The first-order chi connectivity index (χ1) is 54.0. The first-order valence-electron chi connectivity index (χ1n) is 36.5. The number of fused-ring (bicyclic) bond motifs is 20. The molecule has 0 radical (unpaired) electrons. The quantitative estimate of drug-likeness (QED) is 0.143. The van der Waals surface area contributed by atoms with E-state index in [1.54, 1.807) is 0 Å². The van der Waals surface area contributed by atoms with Gasteiger partial charge >= 0.3 is 0 Å². The van der Waals surface area contributed by atoms with Crippen molar-refractivity contribution in [3.05, 3.63) is 380 Å². The van der Waals surface area contributed by atoms with E-state index in [9.17, 15) is 0 Å². The summed E-state index contributed by atoms with van der Waals surface area (Å²) in [4.78, 5) is 29.9. The number of hydrogen-bond acceptors (Lipinski definition) is 8. The molecule has 0 fully saturated rings. The molecular weight excluding hydrogens is 1430 g/mol. The van der Waals surface area contributed by atoms with Gasteiger partial charge in [0.2, 0.25) is 10.7 Å². The molecule has 0 spiro atoms. The van der Waals surface area contributed by atoms with Gasteiger partial charge in [-0.05, 0) is 154 Å². The fourth-order valence-electron chi connectivity index (χ4n) is 15.8. The highest BCUT2D eigenvalue weighted by atomic mass is 79.9. The van der Waals surface area contributed by atoms with Gasteiger partial charge in [-0.15, -0.1) is 22.7 Å². The second kappa shape index (κ2) is 27.9. The van der Waals surface area contributed by atoms with Gasteiger partial charge in [0.05, 0.1) is 11.0 Å². The van der Waals surface area contributed by atoms with Crippen LogP contribution in [0.5, 0.6) is 0 Å². The zero-order valence-corrected chi connectivity index (χ0v) is 61.9. The van der Waals surface area contributed by atoms with Crippen LogP contribution in [0.25, 0.3) is 191 Å². The summed E-state index contributed by atoms with van der Waals surface area (Å²) in [5.41, 5.74) is 20.8. The zero-order valence-electron chi connectivity index (χ0n) is 58.7. The fraction of sp³-hybridized carbons (Fsp3) is 0.0101. The molecule has 0 saturated heterocycles. The van der Waals surface area contributed by atoms with Crippen LogP contribution in [0.1, 0.15) is 11.1 Å². The summed E-state index contributed by atoms with van der Waals surface area (Å²) in [7, 11) is 0. The molecule has 21 aromatic rings. The van der Waals surface area contributed by atoms with E-state index in [2.05, 4.69) is 334 Å². The van der Waals surface area contributed by atoms with Crippen molar-refractivity contribution in [2.24, 2.45) is 0 Å². The fourth-order valence-corrected chi connectivity index (χ4v) is 18.7. The molecule has 7 nitrogen and oxygen atoms in total. The SMILES string of the molecule is Brc1nc(-c2ccccc2)nc(-c2cc(-c3ccccc3)cc(-c3ccccc3)c2)n1.c1ccc(-c2cc(-c3ccccc3)cc(-c3nc(-c4ccccc4)nc(-n4c5ccccc5c5c6ccccc6c6sc7ccccc7c6c54)n3)c2)cc1.c1ccc2c(c1)Cc1c-2c2ccccc2c2sc3ccccc3c12. The molecule has 0 amide bonds. The molecule has 16 aromatic carbocycles. The van der Waals surface area contributed by atoms with E-state index in [0.717, 1.165) is 84.2 Å². The zero-order chi connectivity index (χ0) is 72.3. The van der Waals surface area contributed by atoms with Crippen molar-refractivity contribution in [2.45, 2.75) is 6.42 Å². The summed E-state index contributed by atoms with van der Waals surface area (Å²) in [5.74, 6) is 3.11. The van der Waals surface area contributed by atoms with E-state index >= 15 is 0 Å². The van der Waals surface area contributed by atoms with Crippen LogP contribution < -0.4 is 0 Å². The maximum Gasteiger partial charge on any atom is 0.238 e. The third-order valence-corrected chi connectivity index (χ3v) is 23.5. The average molecular weight is 1490 g/mol. The second-order valence-electron chi connectivity index (χ2n) is 27.3. The molecule has 109 heavy (non-hydrogen) atoms. The monoisotopic (exact) mass is 1490 g/mol. The van der Waals surface area contributed by atoms with Gasteiger partial charge < -0.3 is 0 Å². The molecule has 1 aliphatic carbocycles. The number of para-hydroxylation sites is 1. The molecule has 512 valence electrons. The van der Waals surface area contributed by atoms with Gasteiger partial charge in [-0.2, -0.15) is 9.97 Å². The number of aromatic nitrogens is 7. The average Bonchev–Trinajstić information content (AvgIpc) is 1.55. The van der Waals surface area contributed by atoms with Crippen molar-refractivity contribution in [1.29, 1.82) is 0 Å². The van der Waals surface area contributed by atoms with Gasteiger partial charge in [0.1, 0.15) is 0 Å². The maximum atomic E-state index is 5.44. The van der Waals surface area contributed by atoms with Crippen LogP contribution in [0.15, 0.2) is 369 Å². The Hall–Kier alpha value is -13.2.